The second-order valence-electron chi connectivity index (χ2n) is 3.40. The molecule has 0 aliphatic heterocycles. The van der Waals surface area contributed by atoms with Crippen LogP contribution in [0.1, 0.15) is 44.9 Å². The molecule has 14 heavy (non-hydrogen) atoms. The summed E-state index contributed by atoms with van der Waals surface area (Å²) in [7, 11) is 0. The first kappa shape index (κ1) is 13.8. The van der Waals surface area contributed by atoms with Gasteiger partial charge in [0.25, 0.3) is 0 Å². The van der Waals surface area contributed by atoms with Crippen LogP contribution in [-0.2, 0) is 0 Å². The van der Waals surface area contributed by atoms with E-state index in [-0.39, 0.29) is 0 Å². The van der Waals surface area contributed by atoms with Crippen molar-refractivity contribution in [3.8, 4) is 0 Å². The number of nitrogens with one attached hydrogen (secondary N) is 1. The van der Waals surface area contributed by atoms with Gasteiger partial charge in [0, 0.05) is 11.9 Å². The lowest BCUT2D eigenvalue weighted by atomic mass is 10.1. The molecule has 0 aromatic heterocycles. The summed E-state index contributed by atoms with van der Waals surface area (Å²) in [6.07, 6.45) is 7.56. The number of unbranched alkanes of at least 4 members (excludes halogenated alkanes) is 6. The molecule has 0 rings (SSSR count). The van der Waals surface area contributed by atoms with Gasteiger partial charge in [-0.05, 0) is 12.8 Å². The van der Waals surface area contributed by atoms with Crippen molar-refractivity contribution in [2.24, 2.45) is 0 Å². The van der Waals surface area contributed by atoms with Gasteiger partial charge in [-0.25, -0.2) is 4.79 Å². The molecule has 1 amide bonds. The number of rotatable bonds is 9. The zero-order valence-electron chi connectivity index (χ0n) is 8.60. The fraction of sp³-hybridized carbons (Fsp3) is 0.900. The van der Waals surface area contributed by atoms with E-state index in [1.54, 1.807) is 0 Å². The topological polar surface area (TPSA) is 49.3 Å². The van der Waals surface area contributed by atoms with Crippen LogP contribution in [0.5, 0.6) is 0 Å². The van der Waals surface area contributed by atoms with E-state index in [2.05, 4.69) is 21.2 Å². The zero-order chi connectivity index (χ0) is 10.6. The van der Waals surface area contributed by atoms with Crippen molar-refractivity contribution in [1.82, 2.24) is 5.32 Å². The Hall–Kier alpha value is -0.250. The SMILES string of the molecule is O=C(O)NCCCCCCCCCBr. The van der Waals surface area contributed by atoms with E-state index in [0.717, 1.165) is 18.2 Å². The number of hydrogen-bond donors (Lipinski definition) is 2. The van der Waals surface area contributed by atoms with Crippen LogP contribution >= 0.6 is 15.9 Å². The second kappa shape index (κ2) is 10.8. The molecule has 0 aliphatic carbocycles. The average molecular weight is 266 g/mol. The van der Waals surface area contributed by atoms with Crippen LogP contribution < -0.4 is 5.32 Å². The minimum Gasteiger partial charge on any atom is -0.465 e. The maximum atomic E-state index is 10.1. The first-order valence-corrected chi connectivity index (χ1v) is 6.42. The highest BCUT2D eigenvalue weighted by Crippen LogP contribution is 2.07. The Kier molecular flexibility index (Phi) is 10.6. The van der Waals surface area contributed by atoms with E-state index in [4.69, 9.17) is 5.11 Å². The van der Waals surface area contributed by atoms with Crippen LogP contribution in [0, 0.1) is 0 Å². The highest BCUT2D eigenvalue weighted by molar-refractivity contribution is 9.09. The quantitative estimate of drug-likeness (QED) is 0.496. The van der Waals surface area contributed by atoms with Gasteiger partial charge in [-0.1, -0.05) is 48.0 Å². The third-order valence-electron chi connectivity index (χ3n) is 2.09. The Morgan fingerprint density at radius 3 is 2.00 bits per heavy atom. The molecule has 0 atom stereocenters. The third-order valence-corrected chi connectivity index (χ3v) is 2.65. The van der Waals surface area contributed by atoms with E-state index in [0.29, 0.717) is 6.54 Å². The van der Waals surface area contributed by atoms with Crippen LogP contribution in [0.25, 0.3) is 0 Å². The molecule has 0 saturated heterocycles. The molecular formula is C10H20BrNO2. The zero-order valence-corrected chi connectivity index (χ0v) is 10.2. The summed E-state index contributed by atoms with van der Waals surface area (Å²) in [4.78, 5) is 10.1. The molecule has 0 bridgehead atoms. The van der Waals surface area contributed by atoms with E-state index in [1.165, 1.54) is 32.1 Å². The minimum absolute atomic E-state index is 0.594. The highest BCUT2D eigenvalue weighted by Gasteiger charge is 1.94. The lowest BCUT2D eigenvalue weighted by Gasteiger charge is -2.01. The lowest BCUT2D eigenvalue weighted by Crippen LogP contribution is -2.21. The van der Waals surface area contributed by atoms with Crippen molar-refractivity contribution < 1.29 is 9.90 Å². The predicted octanol–water partition coefficient (Wildman–Crippen LogP) is 3.38. The van der Waals surface area contributed by atoms with Gasteiger partial charge in [0.05, 0.1) is 0 Å². The number of hydrogen-bond acceptors (Lipinski definition) is 1. The second-order valence-corrected chi connectivity index (χ2v) is 4.19. The van der Waals surface area contributed by atoms with Crippen LogP contribution in [0.4, 0.5) is 4.79 Å². The van der Waals surface area contributed by atoms with Crippen molar-refractivity contribution in [3.05, 3.63) is 0 Å². The van der Waals surface area contributed by atoms with Crippen molar-refractivity contribution in [3.63, 3.8) is 0 Å². The smallest absolute Gasteiger partial charge is 0.404 e. The number of halogens is 1. The molecule has 0 aliphatic rings. The van der Waals surface area contributed by atoms with Crippen LogP contribution in [-0.4, -0.2) is 23.1 Å². The predicted molar refractivity (Wildman–Crippen MR) is 62.1 cm³/mol. The molecule has 0 aromatic rings. The van der Waals surface area contributed by atoms with Gasteiger partial charge < -0.3 is 10.4 Å². The Morgan fingerprint density at radius 2 is 1.50 bits per heavy atom. The normalized spacial score (nSPS) is 10.1. The van der Waals surface area contributed by atoms with Crippen molar-refractivity contribution in [2.45, 2.75) is 44.9 Å². The van der Waals surface area contributed by atoms with Gasteiger partial charge in [-0.2, -0.15) is 0 Å². The van der Waals surface area contributed by atoms with Crippen LogP contribution in [0.3, 0.4) is 0 Å². The van der Waals surface area contributed by atoms with Crippen molar-refractivity contribution in [2.75, 3.05) is 11.9 Å². The Morgan fingerprint density at radius 1 is 1.00 bits per heavy atom. The fourth-order valence-corrected chi connectivity index (χ4v) is 1.70. The van der Waals surface area contributed by atoms with Gasteiger partial charge >= 0.3 is 6.09 Å². The van der Waals surface area contributed by atoms with E-state index >= 15 is 0 Å². The Balaban J connectivity index is 2.88. The molecule has 0 aromatic carbocycles. The van der Waals surface area contributed by atoms with Gasteiger partial charge in [0.1, 0.15) is 0 Å². The molecule has 0 heterocycles. The van der Waals surface area contributed by atoms with Crippen molar-refractivity contribution >= 4 is 22.0 Å². The summed E-state index contributed by atoms with van der Waals surface area (Å²) in [6, 6.07) is 0. The highest BCUT2D eigenvalue weighted by atomic mass is 79.9. The molecule has 0 radical (unpaired) electrons. The number of amides is 1. The van der Waals surface area contributed by atoms with Gasteiger partial charge in [0.15, 0.2) is 0 Å². The van der Waals surface area contributed by atoms with E-state index < -0.39 is 6.09 Å². The fourth-order valence-electron chi connectivity index (χ4n) is 1.30. The molecule has 0 unspecified atom stereocenters. The van der Waals surface area contributed by atoms with Gasteiger partial charge in [-0.15, -0.1) is 0 Å². The minimum atomic E-state index is -0.915. The molecule has 0 spiro atoms. The lowest BCUT2D eigenvalue weighted by molar-refractivity contribution is 0.194. The van der Waals surface area contributed by atoms with E-state index in [9.17, 15) is 4.79 Å². The first-order chi connectivity index (χ1) is 6.77. The summed E-state index contributed by atoms with van der Waals surface area (Å²) in [6.45, 7) is 0.594. The Bertz CT molecular complexity index is 142. The monoisotopic (exact) mass is 265 g/mol. The summed E-state index contributed by atoms with van der Waals surface area (Å²) in [5.41, 5.74) is 0. The Labute approximate surface area is 94.4 Å². The van der Waals surface area contributed by atoms with Gasteiger partial charge in [0.2, 0.25) is 0 Å². The molecule has 0 saturated carbocycles. The summed E-state index contributed by atoms with van der Waals surface area (Å²) in [5, 5.41) is 11.8. The van der Waals surface area contributed by atoms with E-state index in [1.807, 2.05) is 0 Å². The van der Waals surface area contributed by atoms with Crippen LogP contribution in [0.15, 0.2) is 0 Å². The molecular weight excluding hydrogens is 246 g/mol. The number of carboxylic acid groups (broad SMARTS) is 1. The largest absolute Gasteiger partial charge is 0.465 e. The average Bonchev–Trinajstić information content (AvgIpc) is 2.15. The maximum Gasteiger partial charge on any atom is 0.404 e. The molecule has 84 valence electrons. The molecule has 4 heteroatoms. The summed E-state index contributed by atoms with van der Waals surface area (Å²) >= 11 is 3.40. The number of alkyl halides is 1. The molecule has 3 nitrogen and oxygen atoms in total. The third kappa shape index (κ3) is 11.8. The summed E-state index contributed by atoms with van der Waals surface area (Å²) in [5.74, 6) is 0. The van der Waals surface area contributed by atoms with Crippen molar-refractivity contribution in [1.29, 1.82) is 0 Å². The number of carbonyl (C=O) groups is 1. The first-order valence-electron chi connectivity index (χ1n) is 5.30. The van der Waals surface area contributed by atoms with Gasteiger partial charge in [-0.3, -0.25) is 0 Å². The summed E-state index contributed by atoms with van der Waals surface area (Å²) < 4.78 is 0. The molecule has 2 N–H and O–H groups in total. The van der Waals surface area contributed by atoms with Crippen LogP contribution in [0.2, 0.25) is 0 Å². The molecule has 0 fully saturated rings. The standard InChI is InChI=1S/C10H20BrNO2/c11-8-6-4-2-1-3-5-7-9-12-10(13)14/h12H,1-9H2,(H,13,14). The maximum absolute atomic E-state index is 10.1.